The van der Waals surface area contributed by atoms with Crippen molar-refractivity contribution in [1.29, 1.82) is 0 Å². The zero-order valence-corrected chi connectivity index (χ0v) is 12.5. The number of rotatable bonds is 6. The number of carbonyl (C=O) groups is 3. The Kier molecular flexibility index (Phi) is 5.01. The van der Waals surface area contributed by atoms with E-state index < -0.39 is 12.0 Å². The molecule has 1 amide bonds. The van der Waals surface area contributed by atoms with Crippen LogP contribution < -0.4 is 5.32 Å². The van der Waals surface area contributed by atoms with Crippen molar-refractivity contribution in [1.82, 2.24) is 5.32 Å². The molecule has 0 saturated carbocycles. The largest absolute Gasteiger partial charge is 0.480 e. The molecule has 0 fully saturated rings. The Morgan fingerprint density at radius 2 is 2.14 bits per heavy atom. The summed E-state index contributed by atoms with van der Waals surface area (Å²) in [7, 11) is 0. The number of carboxylic acids is 1. The summed E-state index contributed by atoms with van der Waals surface area (Å²) in [6.07, 6.45) is 0.708. The maximum Gasteiger partial charge on any atom is 0.327 e. The average molecular weight is 307 g/mol. The van der Waals surface area contributed by atoms with Crippen LogP contribution in [0.2, 0.25) is 0 Å². The maximum atomic E-state index is 12.2. The van der Waals surface area contributed by atoms with Crippen LogP contribution in [-0.4, -0.2) is 40.3 Å². The maximum absolute atomic E-state index is 12.2. The minimum absolute atomic E-state index is 0.0980. The van der Waals surface area contributed by atoms with Crippen LogP contribution in [0.15, 0.2) is 24.3 Å². The van der Waals surface area contributed by atoms with E-state index in [-0.39, 0.29) is 23.4 Å². The second kappa shape index (κ2) is 6.76. The molecule has 0 aliphatic heterocycles. The van der Waals surface area contributed by atoms with Gasteiger partial charge in [0.2, 0.25) is 5.91 Å². The second-order valence-electron chi connectivity index (χ2n) is 5.05. The van der Waals surface area contributed by atoms with Gasteiger partial charge in [-0.3, -0.25) is 9.59 Å². The molecule has 2 rings (SSSR count). The van der Waals surface area contributed by atoms with Crippen LogP contribution in [0.5, 0.6) is 0 Å². The molecule has 1 aromatic rings. The standard InChI is InChI=1S/C15H17NO4S/c1-9(17)16-13(15(19)20)8-21-7-11-6-10-4-2-3-5-12(10)14(11)18/h2-5,11,13H,6-8H2,1H3,(H,16,17)(H,19,20)/t11?,13-/m0/s1. The van der Waals surface area contributed by atoms with Crippen LogP contribution in [0.1, 0.15) is 22.8 Å². The van der Waals surface area contributed by atoms with Gasteiger partial charge in [-0.05, 0) is 12.0 Å². The number of hydrogen-bond acceptors (Lipinski definition) is 4. The van der Waals surface area contributed by atoms with Crippen LogP contribution >= 0.6 is 11.8 Å². The number of ketones is 1. The lowest BCUT2D eigenvalue weighted by atomic mass is 10.1. The lowest BCUT2D eigenvalue weighted by Crippen LogP contribution is -2.41. The van der Waals surface area contributed by atoms with Gasteiger partial charge in [0.15, 0.2) is 5.78 Å². The number of hydrogen-bond donors (Lipinski definition) is 2. The number of thioether (sulfide) groups is 1. The third kappa shape index (κ3) is 3.85. The lowest BCUT2D eigenvalue weighted by Gasteiger charge is -2.14. The van der Waals surface area contributed by atoms with Crippen LogP contribution in [0.4, 0.5) is 0 Å². The van der Waals surface area contributed by atoms with E-state index in [2.05, 4.69) is 5.32 Å². The number of aliphatic carboxylic acids is 1. The zero-order chi connectivity index (χ0) is 15.4. The summed E-state index contributed by atoms with van der Waals surface area (Å²) in [5.41, 5.74) is 1.84. The first kappa shape index (κ1) is 15.6. The summed E-state index contributed by atoms with van der Waals surface area (Å²) in [5, 5.41) is 11.4. The highest BCUT2D eigenvalue weighted by molar-refractivity contribution is 7.99. The number of fused-ring (bicyclic) bond motifs is 1. The Hall–Kier alpha value is -1.82. The quantitative estimate of drug-likeness (QED) is 0.829. The van der Waals surface area contributed by atoms with E-state index in [1.165, 1.54) is 18.7 Å². The van der Waals surface area contributed by atoms with Crippen molar-refractivity contribution in [2.75, 3.05) is 11.5 Å². The molecule has 0 aromatic heterocycles. The van der Waals surface area contributed by atoms with Crippen LogP contribution in [-0.2, 0) is 16.0 Å². The van der Waals surface area contributed by atoms with E-state index in [1.807, 2.05) is 24.3 Å². The SMILES string of the molecule is CC(=O)N[C@@H](CSCC1Cc2ccccc2C1=O)C(=O)O. The number of amides is 1. The minimum atomic E-state index is -1.06. The molecule has 0 saturated heterocycles. The summed E-state index contributed by atoms with van der Waals surface area (Å²) >= 11 is 1.39. The fourth-order valence-corrected chi connectivity index (χ4v) is 3.55. The number of benzene rings is 1. The number of carbonyl (C=O) groups excluding carboxylic acids is 2. The molecular formula is C15H17NO4S. The first-order valence-corrected chi connectivity index (χ1v) is 7.84. The summed E-state index contributed by atoms with van der Waals surface area (Å²) in [4.78, 5) is 34.1. The molecule has 112 valence electrons. The number of carboxylic acid groups (broad SMARTS) is 1. The van der Waals surface area contributed by atoms with E-state index in [1.54, 1.807) is 0 Å². The van der Waals surface area contributed by atoms with Gasteiger partial charge in [-0.2, -0.15) is 11.8 Å². The Morgan fingerprint density at radius 3 is 2.76 bits per heavy atom. The normalized spacial score (nSPS) is 18.1. The molecule has 1 aliphatic carbocycles. The number of nitrogens with one attached hydrogen (secondary N) is 1. The highest BCUT2D eigenvalue weighted by Crippen LogP contribution is 2.29. The van der Waals surface area contributed by atoms with E-state index in [0.717, 1.165) is 11.1 Å². The summed E-state index contributed by atoms with van der Waals surface area (Å²) in [6, 6.07) is 6.64. The molecule has 0 heterocycles. The van der Waals surface area contributed by atoms with Gasteiger partial charge in [0.25, 0.3) is 0 Å². The predicted molar refractivity (Wildman–Crippen MR) is 80.5 cm³/mol. The molecule has 1 aromatic carbocycles. The van der Waals surface area contributed by atoms with Gasteiger partial charge in [-0.15, -0.1) is 0 Å². The van der Waals surface area contributed by atoms with Gasteiger partial charge in [-0.1, -0.05) is 24.3 Å². The molecule has 5 nitrogen and oxygen atoms in total. The van der Waals surface area contributed by atoms with Gasteiger partial charge >= 0.3 is 5.97 Å². The van der Waals surface area contributed by atoms with Gasteiger partial charge in [0, 0.05) is 29.9 Å². The molecule has 6 heteroatoms. The first-order valence-electron chi connectivity index (χ1n) is 6.69. The van der Waals surface area contributed by atoms with Gasteiger partial charge in [-0.25, -0.2) is 4.79 Å². The fourth-order valence-electron chi connectivity index (χ4n) is 2.40. The van der Waals surface area contributed by atoms with E-state index in [9.17, 15) is 14.4 Å². The lowest BCUT2D eigenvalue weighted by molar-refractivity contribution is -0.140. The van der Waals surface area contributed by atoms with Gasteiger partial charge in [0.1, 0.15) is 6.04 Å². The summed E-state index contributed by atoms with van der Waals surface area (Å²) in [6.45, 7) is 1.29. The molecular weight excluding hydrogens is 290 g/mol. The Balaban J connectivity index is 1.86. The third-order valence-electron chi connectivity index (χ3n) is 3.40. The topological polar surface area (TPSA) is 83.5 Å². The monoisotopic (exact) mass is 307 g/mol. The first-order chi connectivity index (χ1) is 9.99. The summed E-state index contributed by atoms with van der Waals surface area (Å²) in [5.74, 6) is -0.568. The van der Waals surface area contributed by atoms with Crippen molar-refractivity contribution >= 4 is 29.4 Å². The highest BCUT2D eigenvalue weighted by Gasteiger charge is 2.30. The molecule has 2 N–H and O–H groups in total. The predicted octanol–water partition coefficient (Wildman–Crippen LogP) is 1.36. The van der Waals surface area contributed by atoms with Crippen molar-refractivity contribution in [2.24, 2.45) is 5.92 Å². The van der Waals surface area contributed by atoms with E-state index in [0.29, 0.717) is 12.2 Å². The average Bonchev–Trinajstić information content (AvgIpc) is 2.74. The smallest absolute Gasteiger partial charge is 0.327 e. The van der Waals surface area contributed by atoms with Crippen molar-refractivity contribution < 1.29 is 19.5 Å². The van der Waals surface area contributed by atoms with Gasteiger partial charge in [0.05, 0.1) is 0 Å². The van der Waals surface area contributed by atoms with Crippen LogP contribution in [0, 0.1) is 5.92 Å². The van der Waals surface area contributed by atoms with Crippen LogP contribution in [0.25, 0.3) is 0 Å². The molecule has 0 bridgehead atoms. The highest BCUT2D eigenvalue weighted by atomic mass is 32.2. The fraction of sp³-hybridized carbons (Fsp3) is 0.400. The van der Waals surface area contributed by atoms with Crippen molar-refractivity contribution in [3.05, 3.63) is 35.4 Å². The van der Waals surface area contributed by atoms with Crippen LogP contribution in [0.3, 0.4) is 0 Å². The van der Waals surface area contributed by atoms with E-state index in [4.69, 9.17) is 5.11 Å². The van der Waals surface area contributed by atoms with Crippen molar-refractivity contribution in [3.63, 3.8) is 0 Å². The second-order valence-corrected chi connectivity index (χ2v) is 6.13. The van der Waals surface area contributed by atoms with Crippen molar-refractivity contribution in [2.45, 2.75) is 19.4 Å². The minimum Gasteiger partial charge on any atom is -0.480 e. The number of Topliss-reactive ketones (excluding diaryl/α,β-unsaturated/α-hetero) is 1. The van der Waals surface area contributed by atoms with Gasteiger partial charge < -0.3 is 10.4 Å². The summed E-state index contributed by atoms with van der Waals surface area (Å²) < 4.78 is 0. The molecule has 1 unspecified atom stereocenters. The Morgan fingerprint density at radius 1 is 1.43 bits per heavy atom. The molecule has 21 heavy (non-hydrogen) atoms. The zero-order valence-electron chi connectivity index (χ0n) is 11.7. The molecule has 0 radical (unpaired) electrons. The van der Waals surface area contributed by atoms with E-state index >= 15 is 0 Å². The molecule has 1 aliphatic rings. The van der Waals surface area contributed by atoms with Crippen molar-refractivity contribution in [3.8, 4) is 0 Å². The molecule has 0 spiro atoms. The Labute approximate surface area is 127 Å². The molecule has 2 atom stereocenters. The third-order valence-corrected chi connectivity index (χ3v) is 4.61. The Bertz CT molecular complexity index is 573.